The Labute approximate surface area is 144 Å². The topological polar surface area (TPSA) is 88.8 Å². The first-order valence-corrected chi connectivity index (χ1v) is 8.73. The number of aromatic nitrogens is 3. The molecule has 0 atom stereocenters. The number of likely N-dealkylation sites (N-methyl/N-ethyl adjacent to an activating group) is 1. The van der Waals surface area contributed by atoms with Gasteiger partial charge in [0.15, 0.2) is 0 Å². The summed E-state index contributed by atoms with van der Waals surface area (Å²) in [6.07, 6.45) is 2.46. The molecule has 0 fully saturated rings. The number of fused-ring (bicyclic) bond motifs is 1. The Morgan fingerprint density at radius 3 is 3.00 bits per heavy atom. The molecule has 0 aliphatic heterocycles. The quantitative estimate of drug-likeness (QED) is 0.667. The van der Waals surface area contributed by atoms with Gasteiger partial charge in [0.25, 0.3) is 5.56 Å². The summed E-state index contributed by atoms with van der Waals surface area (Å²) in [7, 11) is 3.40. The van der Waals surface area contributed by atoms with Crippen LogP contribution in [0.3, 0.4) is 0 Å². The highest BCUT2D eigenvalue weighted by Gasteiger charge is 2.14. The average molecular weight is 353 g/mol. The first-order valence-electron chi connectivity index (χ1n) is 7.91. The van der Waals surface area contributed by atoms with Gasteiger partial charge in [-0.2, -0.15) is 4.52 Å². The van der Waals surface area contributed by atoms with Crippen LogP contribution in [-0.4, -0.2) is 54.4 Å². The molecule has 1 amide bonds. The van der Waals surface area contributed by atoms with Crippen LogP contribution in [0.4, 0.5) is 5.13 Å². The van der Waals surface area contributed by atoms with Gasteiger partial charge in [0.2, 0.25) is 16.0 Å². The minimum Gasteiger partial charge on any atom is -0.385 e. The third-order valence-electron chi connectivity index (χ3n) is 3.35. The highest BCUT2D eigenvalue weighted by Crippen LogP contribution is 2.20. The number of methoxy groups -OCH3 is 1. The number of nitrogens with zero attached hydrogens (tertiary/aromatic N) is 4. The zero-order valence-corrected chi connectivity index (χ0v) is 15.1. The summed E-state index contributed by atoms with van der Waals surface area (Å²) in [6.45, 7) is 3.40. The van der Waals surface area contributed by atoms with Gasteiger partial charge >= 0.3 is 0 Å². The fraction of sp³-hybridized carbons (Fsp3) is 0.600. The van der Waals surface area contributed by atoms with E-state index in [0.29, 0.717) is 23.2 Å². The minimum absolute atomic E-state index is 0.0974. The molecular formula is C15H23N5O3S. The molecule has 0 spiro atoms. The molecule has 8 nitrogen and oxygen atoms in total. The van der Waals surface area contributed by atoms with Crippen LogP contribution in [0.5, 0.6) is 0 Å². The van der Waals surface area contributed by atoms with Crippen LogP contribution in [0.1, 0.15) is 25.5 Å². The van der Waals surface area contributed by atoms with Crippen molar-refractivity contribution in [2.24, 2.45) is 0 Å². The van der Waals surface area contributed by atoms with Crippen LogP contribution in [-0.2, 0) is 16.0 Å². The summed E-state index contributed by atoms with van der Waals surface area (Å²) in [4.78, 5) is 30.7. The number of carbonyl (C=O) groups excluding carboxylic acids is 1. The maximum atomic E-state index is 12.1. The Morgan fingerprint density at radius 1 is 1.50 bits per heavy atom. The molecule has 2 rings (SSSR count). The van der Waals surface area contributed by atoms with E-state index in [-0.39, 0.29) is 18.0 Å². The molecule has 0 unspecified atom stereocenters. The van der Waals surface area contributed by atoms with Crippen molar-refractivity contribution in [2.45, 2.75) is 26.2 Å². The normalized spacial score (nSPS) is 11.0. The van der Waals surface area contributed by atoms with Gasteiger partial charge < -0.3 is 15.0 Å². The van der Waals surface area contributed by atoms with E-state index in [9.17, 15) is 9.59 Å². The molecule has 24 heavy (non-hydrogen) atoms. The Kier molecular flexibility index (Phi) is 6.68. The monoisotopic (exact) mass is 353 g/mol. The maximum Gasteiger partial charge on any atom is 0.275 e. The van der Waals surface area contributed by atoms with Crippen molar-refractivity contribution in [3.05, 3.63) is 22.1 Å². The van der Waals surface area contributed by atoms with Crippen molar-refractivity contribution in [2.75, 3.05) is 38.8 Å². The van der Waals surface area contributed by atoms with E-state index in [4.69, 9.17) is 4.74 Å². The van der Waals surface area contributed by atoms with Crippen molar-refractivity contribution in [1.82, 2.24) is 19.9 Å². The lowest BCUT2D eigenvalue weighted by molar-refractivity contribution is -0.119. The number of amides is 1. The van der Waals surface area contributed by atoms with E-state index in [2.05, 4.69) is 15.4 Å². The van der Waals surface area contributed by atoms with Gasteiger partial charge in [-0.1, -0.05) is 24.7 Å². The first kappa shape index (κ1) is 18.3. The number of hydrogen-bond donors (Lipinski definition) is 1. The van der Waals surface area contributed by atoms with Gasteiger partial charge in [-0.3, -0.25) is 9.59 Å². The Balaban J connectivity index is 2.04. The van der Waals surface area contributed by atoms with Crippen molar-refractivity contribution < 1.29 is 9.53 Å². The van der Waals surface area contributed by atoms with Crippen LogP contribution in [0.2, 0.25) is 0 Å². The number of anilines is 1. The highest BCUT2D eigenvalue weighted by molar-refractivity contribution is 7.20. The fourth-order valence-corrected chi connectivity index (χ4v) is 3.05. The second kappa shape index (κ2) is 8.74. The van der Waals surface area contributed by atoms with E-state index >= 15 is 0 Å². The van der Waals surface area contributed by atoms with Gasteiger partial charge in [-0.25, -0.2) is 4.98 Å². The molecule has 132 valence electrons. The number of rotatable bonds is 9. The minimum atomic E-state index is -0.191. The number of hydrogen-bond acceptors (Lipinski definition) is 7. The van der Waals surface area contributed by atoms with Gasteiger partial charge in [-0.05, 0) is 12.8 Å². The molecule has 0 bridgehead atoms. The van der Waals surface area contributed by atoms with E-state index in [1.165, 1.54) is 21.9 Å². The third kappa shape index (κ3) is 4.75. The molecule has 2 aromatic rings. The standard InChI is InChI=1S/C15H23N5O3S/c1-4-6-11-9-13(22)20-14(17-11)24-15(18-20)19(2)10-12(21)16-7-5-8-23-3/h9H,4-8,10H2,1-3H3,(H,16,21). The van der Waals surface area contributed by atoms with Crippen LogP contribution < -0.4 is 15.8 Å². The van der Waals surface area contributed by atoms with Gasteiger partial charge in [-0.15, -0.1) is 5.10 Å². The highest BCUT2D eigenvalue weighted by atomic mass is 32.1. The molecule has 0 aliphatic rings. The summed E-state index contributed by atoms with van der Waals surface area (Å²) in [5.74, 6) is -0.0974. The molecule has 1 N–H and O–H groups in total. The Morgan fingerprint density at radius 2 is 2.29 bits per heavy atom. The molecule has 2 heterocycles. The lowest BCUT2D eigenvalue weighted by Crippen LogP contribution is -2.36. The number of ether oxygens (including phenoxy) is 1. The van der Waals surface area contributed by atoms with Crippen molar-refractivity contribution in [3.8, 4) is 0 Å². The maximum absolute atomic E-state index is 12.1. The van der Waals surface area contributed by atoms with Crippen molar-refractivity contribution in [1.29, 1.82) is 0 Å². The van der Waals surface area contributed by atoms with Crippen molar-refractivity contribution in [3.63, 3.8) is 0 Å². The zero-order chi connectivity index (χ0) is 17.5. The van der Waals surface area contributed by atoms with Gasteiger partial charge in [0, 0.05) is 39.1 Å². The first-order chi connectivity index (χ1) is 11.5. The number of aryl methyl sites for hydroxylation is 1. The summed E-state index contributed by atoms with van der Waals surface area (Å²) < 4.78 is 6.22. The van der Waals surface area contributed by atoms with E-state index in [1.807, 2.05) is 6.92 Å². The summed E-state index contributed by atoms with van der Waals surface area (Å²) in [6, 6.07) is 1.52. The second-order valence-electron chi connectivity index (χ2n) is 5.47. The van der Waals surface area contributed by atoms with E-state index in [1.54, 1.807) is 19.1 Å². The largest absolute Gasteiger partial charge is 0.385 e. The van der Waals surface area contributed by atoms with E-state index in [0.717, 1.165) is 25.0 Å². The van der Waals surface area contributed by atoms with Gasteiger partial charge in [0.1, 0.15) is 0 Å². The molecule has 0 aliphatic carbocycles. The Hall–Kier alpha value is -2.00. The molecule has 9 heteroatoms. The summed E-state index contributed by atoms with van der Waals surface area (Å²) >= 11 is 1.30. The smallest absolute Gasteiger partial charge is 0.275 e. The van der Waals surface area contributed by atoms with Crippen LogP contribution in [0, 0.1) is 0 Å². The number of carbonyl (C=O) groups is 1. The molecule has 0 radical (unpaired) electrons. The number of nitrogens with one attached hydrogen (secondary N) is 1. The molecule has 0 saturated carbocycles. The lowest BCUT2D eigenvalue weighted by Gasteiger charge is -2.14. The van der Waals surface area contributed by atoms with Gasteiger partial charge in [0.05, 0.1) is 6.54 Å². The average Bonchev–Trinajstić information content (AvgIpc) is 2.97. The predicted molar refractivity (Wildman–Crippen MR) is 93.9 cm³/mol. The lowest BCUT2D eigenvalue weighted by atomic mass is 10.2. The second-order valence-corrected chi connectivity index (χ2v) is 6.40. The van der Waals surface area contributed by atoms with Crippen LogP contribution in [0.25, 0.3) is 4.96 Å². The summed E-state index contributed by atoms with van der Waals surface area (Å²) in [5.41, 5.74) is 0.583. The fourth-order valence-electron chi connectivity index (χ4n) is 2.17. The van der Waals surface area contributed by atoms with Crippen molar-refractivity contribution >= 4 is 27.3 Å². The molecule has 0 saturated heterocycles. The zero-order valence-electron chi connectivity index (χ0n) is 14.2. The summed E-state index contributed by atoms with van der Waals surface area (Å²) in [5, 5.41) is 7.67. The van der Waals surface area contributed by atoms with Crippen LogP contribution >= 0.6 is 11.3 Å². The SMILES string of the molecule is CCCc1cc(=O)n2nc(N(C)CC(=O)NCCCOC)sc2n1. The van der Waals surface area contributed by atoms with E-state index < -0.39 is 0 Å². The predicted octanol–water partition coefficient (Wildman–Crippen LogP) is 0.692. The molecule has 2 aromatic heterocycles. The Bertz CT molecular complexity index is 742. The molecule has 0 aromatic carbocycles. The molecular weight excluding hydrogens is 330 g/mol. The third-order valence-corrected chi connectivity index (χ3v) is 4.37. The van der Waals surface area contributed by atoms with Crippen LogP contribution in [0.15, 0.2) is 10.9 Å².